The topological polar surface area (TPSA) is 88.1 Å². The van der Waals surface area contributed by atoms with Gasteiger partial charge in [0.25, 0.3) is 0 Å². The molecule has 94 valence electrons. The van der Waals surface area contributed by atoms with E-state index in [1.807, 2.05) is 19.9 Å². The summed E-state index contributed by atoms with van der Waals surface area (Å²) in [4.78, 5) is 12.2. The summed E-state index contributed by atoms with van der Waals surface area (Å²) in [6.07, 6.45) is 1.25. The van der Waals surface area contributed by atoms with E-state index in [0.717, 1.165) is 6.42 Å². The van der Waals surface area contributed by atoms with Crippen molar-refractivity contribution in [1.29, 1.82) is 5.26 Å². The van der Waals surface area contributed by atoms with Crippen molar-refractivity contribution >= 4 is 5.91 Å². The maximum absolute atomic E-state index is 12.2. The van der Waals surface area contributed by atoms with Gasteiger partial charge in [0.15, 0.2) is 0 Å². The van der Waals surface area contributed by atoms with Gasteiger partial charge in [-0.3, -0.25) is 4.79 Å². The molecule has 0 bridgehead atoms. The molecule has 2 rings (SSSR count). The Morgan fingerprint density at radius 3 is 3.00 bits per heavy atom. The molecule has 5 heteroatoms. The molecule has 1 heterocycles. The molecule has 0 spiro atoms. The summed E-state index contributed by atoms with van der Waals surface area (Å²) in [5, 5.41) is 11.2. The fraction of sp³-hybridized carbons (Fsp3) is 0.833. The largest absolute Gasteiger partial charge is 0.377 e. The molecule has 2 aliphatic rings. The minimum Gasteiger partial charge on any atom is -0.377 e. The maximum Gasteiger partial charge on any atom is 0.241 e. The average Bonchev–Trinajstić information content (AvgIpc) is 2.75. The second-order valence-corrected chi connectivity index (χ2v) is 5.44. The molecule has 2 fully saturated rings. The molecule has 0 aromatic carbocycles. The van der Waals surface area contributed by atoms with Crippen LogP contribution < -0.4 is 11.1 Å². The molecule has 3 N–H and O–H groups in total. The fourth-order valence-electron chi connectivity index (χ4n) is 3.22. The SMILES string of the molecule is CC1(C)C2OCCC2C1(N)C(=O)NCCC#N. The molecular weight excluding hydrogens is 218 g/mol. The van der Waals surface area contributed by atoms with Crippen LogP contribution in [0.15, 0.2) is 0 Å². The lowest BCUT2D eigenvalue weighted by molar-refractivity contribution is -0.175. The molecule has 3 atom stereocenters. The van der Waals surface area contributed by atoms with Gasteiger partial charge in [0.05, 0.1) is 18.6 Å². The number of hydrogen-bond acceptors (Lipinski definition) is 4. The van der Waals surface area contributed by atoms with E-state index in [1.54, 1.807) is 0 Å². The molecule has 1 saturated heterocycles. The number of rotatable bonds is 3. The highest BCUT2D eigenvalue weighted by Gasteiger charge is 2.71. The van der Waals surface area contributed by atoms with Gasteiger partial charge < -0.3 is 15.8 Å². The molecule has 1 aliphatic carbocycles. The number of nitrogens with zero attached hydrogens (tertiary/aromatic N) is 1. The first-order valence-electron chi connectivity index (χ1n) is 6.02. The number of ether oxygens (including phenoxy) is 1. The first-order valence-corrected chi connectivity index (χ1v) is 6.02. The summed E-state index contributed by atoms with van der Waals surface area (Å²) >= 11 is 0. The van der Waals surface area contributed by atoms with E-state index in [1.165, 1.54) is 0 Å². The Bertz CT molecular complexity index is 374. The fourth-order valence-corrected chi connectivity index (χ4v) is 3.22. The summed E-state index contributed by atoms with van der Waals surface area (Å²) in [5.74, 6) is -0.0379. The van der Waals surface area contributed by atoms with Crippen molar-refractivity contribution < 1.29 is 9.53 Å². The molecule has 0 aromatic rings. The Labute approximate surface area is 101 Å². The molecule has 0 aromatic heterocycles. The highest BCUT2D eigenvalue weighted by atomic mass is 16.5. The number of nitrogens with one attached hydrogen (secondary N) is 1. The van der Waals surface area contributed by atoms with Crippen molar-refractivity contribution in [3.8, 4) is 6.07 Å². The number of fused-ring (bicyclic) bond motifs is 1. The minimum atomic E-state index is -0.858. The molecule has 1 aliphatic heterocycles. The third kappa shape index (κ3) is 1.48. The highest BCUT2D eigenvalue weighted by molar-refractivity contribution is 5.89. The van der Waals surface area contributed by atoms with Crippen LogP contribution in [0.3, 0.4) is 0 Å². The van der Waals surface area contributed by atoms with E-state index in [9.17, 15) is 4.79 Å². The molecule has 0 radical (unpaired) electrons. The zero-order chi connectivity index (χ0) is 12.7. The Balaban J connectivity index is 2.08. The molecule has 1 amide bonds. The van der Waals surface area contributed by atoms with E-state index in [0.29, 0.717) is 19.6 Å². The Morgan fingerprint density at radius 1 is 1.65 bits per heavy atom. The van der Waals surface area contributed by atoms with Crippen LogP contribution in [0, 0.1) is 22.7 Å². The number of carbonyl (C=O) groups is 1. The smallest absolute Gasteiger partial charge is 0.241 e. The predicted molar refractivity (Wildman–Crippen MR) is 61.8 cm³/mol. The highest BCUT2D eigenvalue weighted by Crippen LogP contribution is 2.58. The molecule has 17 heavy (non-hydrogen) atoms. The minimum absolute atomic E-state index is 0.0919. The lowest BCUT2D eigenvalue weighted by atomic mass is 9.48. The second-order valence-electron chi connectivity index (χ2n) is 5.44. The van der Waals surface area contributed by atoms with Crippen molar-refractivity contribution in [2.24, 2.45) is 17.1 Å². The van der Waals surface area contributed by atoms with Gasteiger partial charge in [-0.25, -0.2) is 0 Å². The lowest BCUT2D eigenvalue weighted by Crippen LogP contribution is -2.80. The Morgan fingerprint density at radius 2 is 2.35 bits per heavy atom. The number of carbonyl (C=O) groups excluding carboxylic acids is 1. The summed E-state index contributed by atoms with van der Waals surface area (Å²) in [5.41, 5.74) is 5.12. The summed E-state index contributed by atoms with van der Waals surface area (Å²) in [6.45, 7) is 5.00. The van der Waals surface area contributed by atoms with Crippen molar-refractivity contribution in [3.05, 3.63) is 0 Å². The van der Waals surface area contributed by atoms with Crippen LogP contribution >= 0.6 is 0 Å². The number of nitrogens with two attached hydrogens (primary N) is 1. The van der Waals surface area contributed by atoms with Crippen LogP contribution in [-0.4, -0.2) is 30.7 Å². The van der Waals surface area contributed by atoms with Crippen LogP contribution in [0.5, 0.6) is 0 Å². The van der Waals surface area contributed by atoms with E-state index in [2.05, 4.69) is 5.32 Å². The van der Waals surface area contributed by atoms with Crippen LogP contribution in [0.4, 0.5) is 0 Å². The van der Waals surface area contributed by atoms with Gasteiger partial charge in [0.2, 0.25) is 5.91 Å². The van der Waals surface area contributed by atoms with Gasteiger partial charge in [-0.2, -0.15) is 5.26 Å². The maximum atomic E-state index is 12.2. The van der Waals surface area contributed by atoms with Gasteiger partial charge >= 0.3 is 0 Å². The number of amides is 1. The van der Waals surface area contributed by atoms with Crippen molar-refractivity contribution in [2.75, 3.05) is 13.2 Å². The van der Waals surface area contributed by atoms with Crippen molar-refractivity contribution in [3.63, 3.8) is 0 Å². The van der Waals surface area contributed by atoms with Gasteiger partial charge in [-0.1, -0.05) is 13.8 Å². The third-order valence-electron chi connectivity index (χ3n) is 4.35. The van der Waals surface area contributed by atoms with Crippen LogP contribution in [-0.2, 0) is 9.53 Å². The van der Waals surface area contributed by atoms with E-state index >= 15 is 0 Å². The van der Waals surface area contributed by atoms with E-state index in [-0.39, 0.29) is 23.3 Å². The second kappa shape index (κ2) is 3.97. The van der Waals surface area contributed by atoms with Gasteiger partial charge in [-0.05, 0) is 6.42 Å². The first kappa shape index (κ1) is 12.3. The lowest BCUT2D eigenvalue weighted by Gasteiger charge is -2.60. The van der Waals surface area contributed by atoms with Crippen LogP contribution in [0.25, 0.3) is 0 Å². The zero-order valence-corrected chi connectivity index (χ0v) is 10.3. The quantitative estimate of drug-likeness (QED) is 0.684. The number of nitriles is 1. The van der Waals surface area contributed by atoms with E-state index < -0.39 is 5.54 Å². The van der Waals surface area contributed by atoms with Crippen LogP contribution in [0.1, 0.15) is 26.7 Å². The Hall–Kier alpha value is -1.12. The average molecular weight is 237 g/mol. The van der Waals surface area contributed by atoms with Gasteiger partial charge in [-0.15, -0.1) is 0 Å². The van der Waals surface area contributed by atoms with Gasteiger partial charge in [0, 0.05) is 24.5 Å². The van der Waals surface area contributed by atoms with E-state index in [4.69, 9.17) is 15.7 Å². The first-order chi connectivity index (χ1) is 7.96. The molecular formula is C12H19N3O2. The Kier molecular flexibility index (Phi) is 2.88. The zero-order valence-electron chi connectivity index (χ0n) is 10.3. The molecule has 1 saturated carbocycles. The summed E-state index contributed by atoms with van der Waals surface area (Å²) < 4.78 is 5.63. The summed E-state index contributed by atoms with van der Waals surface area (Å²) in [6, 6.07) is 2.00. The third-order valence-corrected chi connectivity index (χ3v) is 4.35. The van der Waals surface area contributed by atoms with Crippen molar-refractivity contribution in [1.82, 2.24) is 5.32 Å². The summed E-state index contributed by atoms with van der Waals surface area (Å²) in [7, 11) is 0. The van der Waals surface area contributed by atoms with Crippen LogP contribution in [0.2, 0.25) is 0 Å². The predicted octanol–water partition coefficient (Wildman–Crippen LogP) is 0.159. The van der Waals surface area contributed by atoms with Crippen molar-refractivity contribution in [2.45, 2.75) is 38.3 Å². The monoisotopic (exact) mass is 237 g/mol. The van der Waals surface area contributed by atoms with Gasteiger partial charge in [0.1, 0.15) is 5.54 Å². The number of hydrogen-bond donors (Lipinski definition) is 2. The standard InChI is InChI=1S/C12H19N3O2/c1-11(2)9-8(4-7-17-9)12(11,14)10(16)15-6-3-5-13/h8-9H,3-4,6-7,14H2,1-2H3,(H,15,16). The molecule has 5 nitrogen and oxygen atoms in total. The normalized spacial score (nSPS) is 37.8. The molecule has 3 unspecified atom stereocenters.